The summed E-state index contributed by atoms with van der Waals surface area (Å²) in [6, 6.07) is 3.04. The number of aliphatic carboxylic acids is 1. The maximum atomic E-state index is 12.3. The molecule has 0 unspecified atom stereocenters. The lowest BCUT2D eigenvalue weighted by atomic mass is 10.2. The summed E-state index contributed by atoms with van der Waals surface area (Å²) in [7, 11) is -3.93. The number of carboxylic acid groups (broad SMARTS) is 1. The summed E-state index contributed by atoms with van der Waals surface area (Å²) in [5, 5.41) is 8.38. The minimum atomic E-state index is -4.53. The zero-order chi connectivity index (χ0) is 15.4. The Morgan fingerprint density at radius 1 is 1.20 bits per heavy atom. The summed E-state index contributed by atoms with van der Waals surface area (Å²) >= 11 is 0. The third-order valence-electron chi connectivity index (χ3n) is 2.35. The maximum Gasteiger partial charge on any atom is 0.416 e. The molecule has 0 amide bonds. The highest BCUT2D eigenvalue weighted by atomic mass is 32.2. The molecule has 0 fully saturated rings. The standard InChI is InChI=1S/C11H12F3NO4S/c12-11(13,14)8-3-5-9(6-4-8)20(18,19)15-7-1-2-10(16)17/h3-6,15H,1-2,7H2,(H,16,17). The largest absolute Gasteiger partial charge is 0.481 e. The second-order valence-electron chi connectivity index (χ2n) is 3.92. The molecule has 0 saturated heterocycles. The summed E-state index contributed by atoms with van der Waals surface area (Å²) < 4.78 is 62.5. The first-order chi connectivity index (χ1) is 9.13. The summed E-state index contributed by atoms with van der Waals surface area (Å²) in [5.41, 5.74) is -0.942. The van der Waals surface area contributed by atoms with E-state index in [2.05, 4.69) is 4.72 Å². The normalized spacial score (nSPS) is 12.3. The van der Waals surface area contributed by atoms with E-state index in [1.807, 2.05) is 0 Å². The van der Waals surface area contributed by atoms with Gasteiger partial charge in [-0.3, -0.25) is 4.79 Å². The molecule has 112 valence electrons. The topological polar surface area (TPSA) is 83.5 Å². The van der Waals surface area contributed by atoms with Crippen molar-refractivity contribution in [3.63, 3.8) is 0 Å². The van der Waals surface area contributed by atoms with Crippen molar-refractivity contribution in [2.24, 2.45) is 0 Å². The molecule has 0 atom stereocenters. The van der Waals surface area contributed by atoms with Crippen LogP contribution in [0.15, 0.2) is 29.2 Å². The number of halogens is 3. The van der Waals surface area contributed by atoms with E-state index in [1.54, 1.807) is 0 Å². The molecule has 5 nitrogen and oxygen atoms in total. The van der Waals surface area contributed by atoms with Gasteiger partial charge in [-0.25, -0.2) is 13.1 Å². The van der Waals surface area contributed by atoms with Crippen molar-refractivity contribution in [3.8, 4) is 0 Å². The average Bonchev–Trinajstić information content (AvgIpc) is 2.34. The van der Waals surface area contributed by atoms with Gasteiger partial charge in [0.15, 0.2) is 0 Å². The van der Waals surface area contributed by atoms with Crippen LogP contribution in [0.2, 0.25) is 0 Å². The highest BCUT2D eigenvalue weighted by Crippen LogP contribution is 2.29. The molecule has 1 rings (SSSR count). The van der Waals surface area contributed by atoms with Crippen molar-refractivity contribution >= 4 is 16.0 Å². The molecule has 1 aromatic carbocycles. The van der Waals surface area contributed by atoms with E-state index >= 15 is 0 Å². The van der Waals surface area contributed by atoms with Crippen LogP contribution in [0.4, 0.5) is 13.2 Å². The van der Waals surface area contributed by atoms with Crippen LogP contribution in [0.1, 0.15) is 18.4 Å². The Morgan fingerprint density at radius 3 is 2.20 bits per heavy atom. The van der Waals surface area contributed by atoms with E-state index in [9.17, 15) is 26.4 Å². The van der Waals surface area contributed by atoms with Gasteiger partial charge in [0.25, 0.3) is 0 Å². The Hall–Kier alpha value is -1.61. The third-order valence-corrected chi connectivity index (χ3v) is 3.83. The van der Waals surface area contributed by atoms with Crippen molar-refractivity contribution in [2.45, 2.75) is 23.9 Å². The highest BCUT2D eigenvalue weighted by molar-refractivity contribution is 7.89. The van der Waals surface area contributed by atoms with Gasteiger partial charge in [-0.2, -0.15) is 13.2 Å². The molecular weight excluding hydrogens is 299 g/mol. The number of carboxylic acids is 1. The number of hydrogen-bond donors (Lipinski definition) is 2. The molecule has 0 bridgehead atoms. The number of carbonyl (C=O) groups is 1. The van der Waals surface area contributed by atoms with Crippen molar-refractivity contribution in [1.82, 2.24) is 4.72 Å². The van der Waals surface area contributed by atoms with E-state index in [0.717, 1.165) is 12.1 Å². The number of alkyl halides is 3. The third kappa shape index (κ3) is 4.82. The minimum absolute atomic E-state index is 0.0925. The zero-order valence-corrected chi connectivity index (χ0v) is 11.0. The lowest BCUT2D eigenvalue weighted by molar-refractivity contribution is -0.138. The number of benzene rings is 1. The van der Waals surface area contributed by atoms with Crippen LogP contribution >= 0.6 is 0 Å². The van der Waals surface area contributed by atoms with E-state index < -0.39 is 27.7 Å². The van der Waals surface area contributed by atoms with Gasteiger partial charge in [-0.1, -0.05) is 0 Å². The predicted octanol–water partition coefficient (Wildman–Crippen LogP) is 1.85. The molecule has 9 heteroatoms. The van der Waals surface area contributed by atoms with E-state index in [1.165, 1.54) is 0 Å². The van der Waals surface area contributed by atoms with Crippen LogP contribution < -0.4 is 4.72 Å². The zero-order valence-electron chi connectivity index (χ0n) is 10.1. The first-order valence-corrected chi connectivity index (χ1v) is 7.00. The van der Waals surface area contributed by atoms with Gasteiger partial charge in [0.1, 0.15) is 0 Å². The van der Waals surface area contributed by atoms with Crippen LogP contribution in [0.5, 0.6) is 0 Å². The summed E-state index contributed by atoms with van der Waals surface area (Å²) in [6.07, 6.45) is -4.64. The van der Waals surface area contributed by atoms with Gasteiger partial charge in [-0.15, -0.1) is 0 Å². The maximum absolute atomic E-state index is 12.3. The smallest absolute Gasteiger partial charge is 0.416 e. The summed E-state index contributed by atoms with van der Waals surface area (Å²) in [4.78, 5) is 9.94. The molecule has 0 aromatic heterocycles. The van der Waals surface area contributed by atoms with Crippen LogP contribution in [0.25, 0.3) is 0 Å². The molecule has 0 heterocycles. The van der Waals surface area contributed by atoms with Gasteiger partial charge in [0.2, 0.25) is 10.0 Å². The van der Waals surface area contributed by atoms with Gasteiger partial charge in [0.05, 0.1) is 10.5 Å². The lowest BCUT2D eigenvalue weighted by Crippen LogP contribution is -2.25. The van der Waals surface area contributed by atoms with Gasteiger partial charge >= 0.3 is 12.1 Å². The van der Waals surface area contributed by atoms with Crippen molar-refractivity contribution in [2.75, 3.05) is 6.54 Å². The van der Waals surface area contributed by atoms with Crippen LogP contribution in [0.3, 0.4) is 0 Å². The van der Waals surface area contributed by atoms with Crippen molar-refractivity contribution < 1.29 is 31.5 Å². The number of rotatable bonds is 6. The van der Waals surface area contributed by atoms with Crippen molar-refractivity contribution in [3.05, 3.63) is 29.8 Å². The molecule has 0 radical (unpaired) electrons. The van der Waals surface area contributed by atoms with E-state index in [4.69, 9.17) is 5.11 Å². The Balaban J connectivity index is 2.71. The molecule has 0 aliphatic heterocycles. The van der Waals surface area contributed by atoms with Crippen LogP contribution in [0, 0.1) is 0 Å². The summed E-state index contributed by atoms with van der Waals surface area (Å²) in [5.74, 6) is -1.06. The van der Waals surface area contributed by atoms with Crippen molar-refractivity contribution in [1.29, 1.82) is 0 Å². The van der Waals surface area contributed by atoms with Crippen LogP contribution in [-0.4, -0.2) is 26.0 Å². The lowest BCUT2D eigenvalue weighted by Gasteiger charge is -2.09. The fourth-order valence-corrected chi connectivity index (χ4v) is 2.43. The first-order valence-electron chi connectivity index (χ1n) is 5.51. The second kappa shape index (κ2) is 6.23. The SMILES string of the molecule is O=C(O)CCCNS(=O)(=O)c1ccc(C(F)(F)F)cc1. The fourth-order valence-electron chi connectivity index (χ4n) is 1.35. The molecule has 0 aliphatic carbocycles. The number of nitrogens with one attached hydrogen (secondary N) is 1. The van der Waals surface area contributed by atoms with Gasteiger partial charge in [-0.05, 0) is 30.7 Å². The number of hydrogen-bond acceptors (Lipinski definition) is 3. The van der Waals surface area contributed by atoms with E-state index in [-0.39, 0.29) is 24.3 Å². The summed E-state index contributed by atoms with van der Waals surface area (Å²) in [6.45, 7) is -0.102. The molecule has 0 spiro atoms. The molecule has 0 aliphatic rings. The molecule has 2 N–H and O–H groups in total. The Bertz CT molecular complexity index is 566. The van der Waals surface area contributed by atoms with Gasteiger partial charge in [0, 0.05) is 13.0 Å². The average molecular weight is 311 g/mol. The quantitative estimate of drug-likeness (QED) is 0.785. The fraction of sp³-hybridized carbons (Fsp3) is 0.364. The molecule has 0 saturated carbocycles. The molecular formula is C11H12F3NO4S. The minimum Gasteiger partial charge on any atom is -0.481 e. The highest BCUT2D eigenvalue weighted by Gasteiger charge is 2.30. The monoisotopic (exact) mass is 311 g/mol. The molecule has 20 heavy (non-hydrogen) atoms. The van der Waals surface area contributed by atoms with E-state index in [0.29, 0.717) is 12.1 Å². The Kier molecular flexibility index (Phi) is 5.12. The molecule has 1 aromatic rings. The predicted molar refractivity (Wildman–Crippen MR) is 63.5 cm³/mol. The Labute approximate surface area is 113 Å². The number of sulfonamides is 1. The first kappa shape index (κ1) is 16.4. The van der Waals surface area contributed by atoms with Gasteiger partial charge < -0.3 is 5.11 Å². The van der Waals surface area contributed by atoms with Crippen LogP contribution in [-0.2, 0) is 21.0 Å². The Morgan fingerprint density at radius 2 is 1.75 bits per heavy atom. The second-order valence-corrected chi connectivity index (χ2v) is 5.68.